The summed E-state index contributed by atoms with van der Waals surface area (Å²) in [6.45, 7) is 0.512. The number of nitrogens with one attached hydrogen (secondary N) is 1. The molecular weight excluding hydrogens is 512 g/mol. The summed E-state index contributed by atoms with van der Waals surface area (Å²) in [6, 6.07) is 22.7. The van der Waals surface area contributed by atoms with Crippen molar-refractivity contribution in [2.45, 2.75) is 70.0 Å². The van der Waals surface area contributed by atoms with E-state index in [0.717, 1.165) is 48.1 Å². The number of carbonyl (C=O) groups excluding carboxylic acids is 2. The Bertz CT molecular complexity index is 1280. The predicted molar refractivity (Wildman–Crippen MR) is 152 cm³/mol. The van der Waals surface area contributed by atoms with Gasteiger partial charge >= 0.3 is 0 Å². The number of nitrogens with zero attached hydrogens (tertiary/aromatic N) is 1. The molecule has 2 aliphatic rings. The quantitative estimate of drug-likeness (QED) is 0.334. The molecule has 204 valence electrons. The Kier molecular flexibility index (Phi) is 9.04. The van der Waals surface area contributed by atoms with Crippen molar-refractivity contribution in [2.75, 3.05) is 6.79 Å². The van der Waals surface area contributed by atoms with Crippen molar-refractivity contribution in [3.05, 3.63) is 94.5 Å². The highest BCUT2D eigenvalue weighted by Gasteiger charge is 2.32. The summed E-state index contributed by atoms with van der Waals surface area (Å²) < 4.78 is 10.9. The van der Waals surface area contributed by atoms with Gasteiger partial charge in [0.1, 0.15) is 6.04 Å². The van der Waals surface area contributed by atoms with E-state index in [2.05, 4.69) is 5.32 Å². The van der Waals surface area contributed by atoms with Gasteiger partial charge in [-0.05, 0) is 60.2 Å². The van der Waals surface area contributed by atoms with E-state index in [9.17, 15) is 9.59 Å². The molecule has 3 aromatic rings. The number of carbonyl (C=O) groups is 2. The van der Waals surface area contributed by atoms with Gasteiger partial charge < -0.3 is 19.7 Å². The van der Waals surface area contributed by atoms with Crippen LogP contribution in [0.25, 0.3) is 0 Å². The monoisotopic (exact) mass is 546 g/mol. The number of rotatable bonds is 10. The Morgan fingerprint density at radius 1 is 0.872 bits per heavy atom. The fourth-order valence-electron chi connectivity index (χ4n) is 5.42. The number of hydrogen-bond donors (Lipinski definition) is 1. The normalized spacial score (nSPS) is 15.5. The molecule has 39 heavy (non-hydrogen) atoms. The number of fused-ring (bicyclic) bond motifs is 1. The molecule has 5 rings (SSSR count). The number of hydrogen-bond acceptors (Lipinski definition) is 4. The Hall–Kier alpha value is -3.51. The van der Waals surface area contributed by atoms with Crippen LogP contribution in [0.3, 0.4) is 0 Å². The summed E-state index contributed by atoms with van der Waals surface area (Å²) in [5, 5.41) is 3.89. The minimum absolute atomic E-state index is 0.0765. The topological polar surface area (TPSA) is 67.9 Å². The van der Waals surface area contributed by atoms with Gasteiger partial charge in [-0.2, -0.15) is 0 Å². The molecule has 6 nitrogen and oxygen atoms in total. The summed E-state index contributed by atoms with van der Waals surface area (Å²) in [5.41, 5.74) is 2.89. The summed E-state index contributed by atoms with van der Waals surface area (Å²) in [7, 11) is 0. The molecular formula is C32H35ClN2O4. The van der Waals surface area contributed by atoms with Crippen LogP contribution in [0.4, 0.5) is 0 Å². The molecule has 1 fully saturated rings. The van der Waals surface area contributed by atoms with Gasteiger partial charge in [0.2, 0.25) is 18.6 Å². The summed E-state index contributed by atoms with van der Waals surface area (Å²) in [5.74, 6) is 1.25. The molecule has 1 aliphatic carbocycles. The van der Waals surface area contributed by atoms with Gasteiger partial charge in [0.15, 0.2) is 11.5 Å². The summed E-state index contributed by atoms with van der Waals surface area (Å²) in [6.07, 6.45) is 6.65. The third-order valence-corrected chi connectivity index (χ3v) is 7.76. The fourth-order valence-corrected chi connectivity index (χ4v) is 5.63. The van der Waals surface area contributed by atoms with Gasteiger partial charge in [0, 0.05) is 30.5 Å². The minimum Gasteiger partial charge on any atom is -0.454 e. The van der Waals surface area contributed by atoms with Crippen LogP contribution in [0, 0.1) is 0 Å². The van der Waals surface area contributed by atoms with Crippen molar-refractivity contribution in [3.8, 4) is 11.5 Å². The lowest BCUT2D eigenvalue weighted by atomic mass is 9.94. The van der Waals surface area contributed by atoms with E-state index >= 15 is 0 Å². The second kappa shape index (κ2) is 13.0. The minimum atomic E-state index is -0.641. The Morgan fingerprint density at radius 3 is 2.44 bits per heavy atom. The maximum atomic E-state index is 13.9. The fraction of sp³-hybridized carbons (Fsp3) is 0.375. The first kappa shape index (κ1) is 27.1. The van der Waals surface area contributed by atoms with Crippen LogP contribution < -0.4 is 14.8 Å². The van der Waals surface area contributed by atoms with E-state index in [0.29, 0.717) is 30.2 Å². The molecule has 3 aromatic carbocycles. The molecule has 1 atom stereocenters. The Balaban J connectivity index is 1.40. The van der Waals surface area contributed by atoms with Gasteiger partial charge in [0.05, 0.1) is 0 Å². The molecule has 0 saturated heterocycles. The molecule has 0 radical (unpaired) electrons. The number of amides is 2. The molecule has 1 N–H and O–H groups in total. The second-order valence-electron chi connectivity index (χ2n) is 10.4. The standard InChI is InChI=1S/C32H35ClN2O4/c33-26-11-7-10-25(18-26)21-35(31(36)17-15-24-14-16-29-30(20-24)39-22-38-29)28(19-23-8-3-1-4-9-23)32(37)34-27-12-5-2-6-13-27/h1,3-4,7-11,14,16,18,20,27-28H,2,5-6,12-13,15,17,19,21-22H2,(H,34,37). The third-order valence-electron chi connectivity index (χ3n) is 7.53. The van der Waals surface area contributed by atoms with E-state index in [1.165, 1.54) is 6.42 Å². The van der Waals surface area contributed by atoms with Crippen molar-refractivity contribution in [1.29, 1.82) is 0 Å². The lowest BCUT2D eigenvalue weighted by Crippen LogP contribution is -2.52. The molecule has 1 saturated carbocycles. The number of halogens is 1. The molecule has 0 bridgehead atoms. The van der Waals surface area contributed by atoms with Crippen LogP contribution in [-0.4, -0.2) is 35.6 Å². The van der Waals surface area contributed by atoms with Crippen molar-refractivity contribution in [2.24, 2.45) is 0 Å². The van der Waals surface area contributed by atoms with Crippen LogP contribution in [0.2, 0.25) is 5.02 Å². The molecule has 1 heterocycles. The maximum absolute atomic E-state index is 13.9. The summed E-state index contributed by atoms with van der Waals surface area (Å²) in [4.78, 5) is 29.5. The average Bonchev–Trinajstić information content (AvgIpc) is 3.43. The van der Waals surface area contributed by atoms with E-state index in [4.69, 9.17) is 21.1 Å². The zero-order valence-corrected chi connectivity index (χ0v) is 22.9. The maximum Gasteiger partial charge on any atom is 0.243 e. The highest BCUT2D eigenvalue weighted by molar-refractivity contribution is 6.30. The van der Waals surface area contributed by atoms with Crippen molar-refractivity contribution < 1.29 is 19.1 Å². The van der Waals surface area contributed by atoms with Crippen molar-refractivity contribution >= 4 is 23.4 Å². The average molecular weight is 547 g/mol. The van der Waals surface area contributed by atoms with Gasteiger partial charge in [-0.1, -0.05) is 79.4 Å². The lowest BCUT2D eigenvalue weighted by molar-refractivity contribution is -0.141. The van der Waals surface area contributed by atoms with Crippen molar-refractivity contribution in [3.63, 3.8) is 0 Å². The van der Waals surface area contributed by atoms with Crippen LogP contribution in [0.15, 0.2) is 72.8 Å². The smallest absolute Gasteiger partial charge is 0.243 e. The molecule has 0 aromatic heterocycles. The molecule has 1 aliphatic heterocycles. The van der Waals surface area contributed by atoms with Crippen LogP contribution in [0.1, 0.15) is 55.2 Å². The van der Waals surface area contributed by atoms with Gasteiger partial charge in [-0.15, -0.1) is 0 Å². The zero-order chi connectivity index (χ0) is 27.0. The molecule has 2 amide bonds. The third kappa shape index (κ3) is 7.33. The Labute approximate surface area is 235 Å². The first-order valence-corrected chi connectivity index (χ1v) is 14.2. The van der Waals surface area contributed by atoms with Gasteiger partial charge in [-0.25, -0.2) is 0 Å². The predicted octanol–water partition coefficient (Wildman–Crippen LogP) is 6.09. The first-order chi connectivity index (χ1) is 19.0. The van der Waals surface area contributed by atoms with Crippen LogP contribution >= 0.6 is 11.6 Å². The highest BCUT2D eigenvalue weighted by Crippen LogP contribution is 2.33. The lowest BCUT2D eigenvalue weighted by Gasteiger charge is -2.33. The van der Waals surface area contributed by atoms with E-state index < -0.39 is 6.04 Å². The van der Waals surface area contributed by atoms with E-state index in [1.807, 2.05) is 72.8 Å². The SMILES string of the molecule is O=C(NC1CCCCC1)C(Cc1ccccc1)N(Cc1cccc(Cl)c1)C(=O)CCc1ccc2c(c1)OCO2. The summed E-state index contributed by atoms with van der Waals surface area (Å²) >= 11 is 6.29. The number of ether oxygens (including phenoxy) is 2. The number of aryl methyl sites for hydroxylation is 1. The largest absolute Gasteiger partial charge is 0.454 e. The second-order valence-corrected chi connectivity index (χ2v) is 10.8. The van der Waals surface area contributed by atoms with Crippen LogP contribution in [-0.2, 0) is 29.0 Å². The molecule has 0 spiro atoms. The van der Waals surface area contributed by atoms with E-state index in [-0.39, 0.29) is 31.1 Å². The van der Waals surface area contributed by atoms with Gasteiger partial charge in [0.25, 0.3) is 0 Å². The first-order valence-electron chi connectivity index (χ1n) is 13.8. The van der Waals surface area contributed by atoms with Gasteiger partial charge in [-0.3, -0.25) is 9.59 Å². The van der Waals surface area contributed by atoms with Crippen molar-refractivity contribution in [1.82, 2.24) is 10.2 Å². The number of benzene rings is 3. The molecule has 7 heteroatoms. The Morgan fingerprint density at radius 2 is 1.64 bits per heavy atom. The molecule has 1 unspecified atom stereocenters. The van der Waals surface area contributed by atoms with Crippen LogP contribution in [0.5, 0.6) is 11.5 Å². The highest BCUT2D eigenvalue weighted by atomic mass is 35.5. The van der Waals surface area contributed by atoms with E-state index in [1.54, 1.807) is 4.90 Å². The zero-order valence-electron chi connectivity index (χ0n) is 22.1.